The maximum Gasteiger partial charge on any atom is 0.241 e. The van der Waals surface area contributed by atoms with E-state index < -0.39 is 10.0 Å². The van der Waals surface area contributed by atoms with Crippen LogP contribution >= 0.6 is 0 Å². The molecule has 124 valence electrons. The molecule has 2 rings (SSSR count). The minimum Gasteiger partial charge on any atom is -0.377 e. The second-order valence-electron chi connectivity index (χ2n) is 5.50. The maximum atomic E-state index is 12.5. The molecule has 2 aromatic rings. The van der Waals surface area contributed by atoms with Gasteiger partial charge in [-0.25, -0.2) is 13.1 Å². The van der Waals surface area contributed by atoms with Crippen LogP contribution in [0.2, 0.25) is 0 Å². The van der Waals surface area contributed by atoms with Crippen molar-refractivity contribution < 1.29 is 13.2 Å². The highest BCUT2D eigenvalue weighted by atomic mass is 32.2. The van der Waals surface area contributed by atoms with Crippen LogP contribution in [0.4, 0.5) is 0 Å². The molecular formula is C18H23NO3S. The predicted octanol–water partition coefficient (Wildman–Crippen LogP) is 3.32. The predicted molar refractivity (Wildman–Crippen MR) is 91.7 cm³/mol. The Balaban J connectivity index is 2.16. The maximum absolute atomic E-state index is 12.5. The molecule has 0 saturated heterocycles. The third-order valence-electron chi connectivity index (χ3n) is 3.65. The molecule has 0 aromatic heterocycles. The molecule has 0 unspecified atom stereocenters. The summed E-state index contributed by atoms with van der Waals surface area (Å²) in [4.78, 5) is 0.324. The van der Waals surface area contributed by atoms with Crippen LogP contribution in [-0.4, -0.2) is 15.0 Å². The van der Waals surface area contributed by atoms with Gasteiger partial charge in [-0.2, -0.15) is 0 Å². The minimum absolute atomic E-state index is 0.249. The quantitative estimate of drug-likeness (QED) is 0.846. The summed E-state index contributed by atoms with van der Waals surface area (Å²) in [5.74, 6) is 0. The lowest BCUT2D eigenvalue weighted by Crippen LogP contribution is -2.24. The van der Waals surface area contributed by atoms with Gasteiger partial charge < -0.3 is 4.74 Å². The van der Waals surface area contributed by atoms with Gasteiger partial charge in [-0.3, -0.25) is 0 Å². The average Bonchev–Trinajstić information content (AvgIpc) is 2.51. The van der Waals surface area contributed by atoms with E-state index in [1.54, 1.807) is 6.07 Å². The first-order valence-corrected chi connectivity index (χ1v) is 9.14. The summed E-state index contributed by atoms with van der Waals surface area (Å²) >= 11 is 0. The van der Waals surface area contributed by atoms with Gasteiger partial charge in [0.2, 0.25) is 10.0 Å². The Morgan fingerprint density at radius 2 is 1.74 bits per heavy atom. The number of ether oxygens (including phenoxy) is 1. The lowest BCUT2D eigenvalue weighted by Gasteiger charge is -2.12. The number of hydrogen-bond donors (Lipinski definition) is 1. The van der Waals surface area contributed by atoms with Crippen LogP contribution in [0, 0.1) is 13.8 Å². The summed E-state index contributed by atoms with van der Waals surface area (Å²) in [6, 6.07) is 13.0. The summed E-state index contributed by atoms with van der Waals surface area (Å²) in [6.45, 7) is 7.05. The van der Waals surface area contributed by atoms with Gasteiger partial charge in [-0.1, -0.05) is 42.0 Å². The molecule has 4 nitrogen and oxygen atoms in total. The number of aryl methyl sites for hydroxylation is 2. The van der Waals surface area contributed by atoms with Crippen molar-refractivity contribution in [2.24, 2.45) is 0 Å². The van der Waals surface area contributed by atoms with Crippen molar-refractivity contribution in [1.29, 1.82) is 0 Å². The molecule has 0 aliphatic heterocycles. The summed E-state index contributed by atoms with van der Waals surface area (Å²) in [5, 5.41) is 0. The Morgan fingerprint density at radius 3 is 2.39 bits per heavy atom. The Labute approximate surface area is 138 Å². The molecule has 0 saturated carbocycles. The van der Waals surface area contributed by atoms with E-state index in [-0.39, 0.29) is 6.54 Å². The number of rotatable bonds is 7. The van der Waals surface area contributed by atoms with Crippen molar-refractivity contribution >= 4 is 10.0 Å². The van der Waals surface area contributed by atoms with E-state index in [1.165, 1.54) is 0 Å². The zero-order valence-electron chi connectivity index (χ0n) is 13.8. The summed E-state index contributed by atoms with van der Waals surface area (Å²) in [6.07, 6.45) is 0. The van der Waals surface area contributed by atoms with E-state index in [0.717, 1.165) is 22.3 Å². The lowest BCUT2D eigenvalue weighted by molar-refractivity contribution is 0.133. The van der Waals surface area contributed by atoms with E-state index in [4.69, 9.17) is 4.74 Å². The molecule has 23 heavy (non-hydrogen) atoms. The van der Waals surface area contributed by atoms with Crippen LogP contribution in [0.15, 0.2) is 47.4 Å². The Morgan fingerprint density at radius 1 is 1.04 bits per heavy atom. The van der Waals surface area contributed by atoms with Crippen molar-refractivity contribution in [3.63, 3.8) is 0 Å². The van der Waals surface area contributed by atoms with Crippen molar-refractivity contribution in [3.05, 3.63) is 64.7 Å². The molecule has 0 aliphatic rings. The van der Waals surface area contributed by atoms with Gasteiger partial charge in [0.05, 0.1) is 11.5 Å². The van der Waals surface area contributed by atoms with E-state index in [1.807, 2.05) is 57.2 Å². The fourth-order valence-corrected chi connectivity index (χ4v) is 3.67. The summed E-state index contributed by atoms with van der Waals surface area (Å²) in [7, 11) is -3.53. The van der Waals surface area contributed by atoms with Gasteiger partial charge in [0.25, 0.3) is 0 Å². The zero-order chi connectivity index (χ0) is 16.9. The van der Waals surface area contributed by atoms with Crippen molar-refractivity contribution in [1.82, 2.24) is 4.72 Å². The fraction of sp³-hybridized carbons (Fsp3) is 0.333. The number of hydrogen-bond acceptors (Lipinski definition) is 3. The van der Waals surface area contributed by atoms with E-state index in [2.05, 4.69) is 4.72 Å². The fourth-order valence-electron chi connectivity index (χ4n) is 2.43. The summed E-state index contributed by atoms with van der Waals surface area (Å²) < 4.78 is 33.2. The first kappa shape index (κ1) is 17.7. The van der Waals surface area contributed by atoms with Gasteiger partial charge in [0.1, 0.15) is 0 Å². The highest BCUT2D eigenvalue weighted by Crippen LogP contribution is 2.17. The standard InChI is InChI=1S/C18H23NO3S/c1-4-22-13-17-8-6-5-7-16(17)12-19-23(20,21)18-10-9-14(2)11-15(18)3/h5-11,19H,4,12-13H2,1-3H3. The van der Waals surface area contributed by atoms with Crippen molar-refractivity contribution in [2.75, 3.05) is 6.61 Å². The zero-order valence-corrected chi connectivity index (χ0v) is 14.6. The second-order valence-corrected chi connectivity index (χ2v) is 7.23. The minimum atomic E-state index is -3.53. The SMILES string of the molecule is CCOCc1ccccc1CNS(=O)(=O)c1ccc(C)cc1C. The van der Waals surface area contributed by atoms with Crippen LogP contribution in [0.25, 0.3) is 0 Å². The third kappa shape index (κ3) is 4.64. The smallest absolute Gasteiger partial charge is 0.241 e. The van der Waals surface area contributed by atoms with Gasteiger partial charge >= 0.3 is 0 Å². The topological polar surface area (TPSA) is 55.4 Å². The van der Waals surface area contributed by atoms with Gasteiger partial charge in [-0.15, -0.1) is 0 Å². The van der Waals surface area contributed by atoms with Crippen LogP contribution < -0.4 is 4.72 Å². The molecule has 0 amide bonds. The third-order valence-corrected chi connectivity index (χ3v) is 5.21. The molecule has 2 aromatic carbocycles. The average molecular weight is 333 g/mol. The van der Waals surface area contributed by atoms with Gasteiger partial charge in [0, 0.05) is 13.2 Å². The van der Waals surface area contributed by atoms with Crippen LogP contribution in [0.1, 0.15) is 29.2 Å². The summed E-state index contributed by atoms with van der Waals surface area (Å²) in [5.41, 5.74) is 3.72. The van der Waals surface area contributed by atoms with Crippen LogP contribution in [0.5, 0.6) is 0 Å². The monoisotopic (exact) mass is 333 g/mol. The number of benzene rings is 2. The van der Waals surface area contributed by atoms with Crippen LogP contribution in [-0.2, 0) is 27.9 Å². The first-order chi connectivity index (χ1) is 10.9. The molecular weight excluding hydrogens is 310 g/mol. The normalized spacial score (nSPS) is 11.6. The molecule has 0 radical (unpaired) electrons. The molecule has 0 atom stereocenters. The first-order valence-electron chi connectivity index (χ1n) is 7.65. The molecule has 0 spiro atoms. The molecule has 5 heteroatoms. The molecule has 0 fully saturated rings. The molecule has 0 aliphatic carbocycles. The number of sulfonamides is 1. The van der Waals surface area contributed by atoms with E-state index in [9.17, 15) is 8.42 Å². The highest BCUT2D eigenvalue weighted by molar-refractivity contribution is 7.89. The molecule has 0 heterocycles. The second kappa shape index (κ2) is 7.73. The lowest BCUT2D eigenvalue weighted by atomic mass is 10.1. The largest absolute Gasteiger partial charge is 0.377 e. The Bertz CT molecular complexity index is 770. The number of nitrogens with one attached hydrogen (secondary N) is 1. The molecule has 0 bridgehead atoms. The van der Waals surface area contributed by atoms with E-state index >= 15 is 0 Å². The highest BCUT2D eigenvalue weighted by Gasteiger charge is 2.17. The van der Waals surface area contributed by atoms with Gasteiger partial charge in [-0.05, 0) is 43.5 Å². The van der Waals surface area contributed by atoms with Gasteiger partial charge in [0.15, 0.2) is 0 Å². The van der Waals surface area contributed by atoms with E-state index in [0.29, 0.717) is 18.1 Å². The van der Waals surface area contributed by atoms with Crippen molar-refractivity contribution in [2.45, 2.75) is 38.8 Å². The molecule has 1 N–H and O–H groups in total. The Kier molecular flexibility index (Phi) is 5.93. The van der Waals surface area contributed by atoms with Crippen LogP contribution in [0.3, 0.4) is 0 Å². The van der Waals surface area contributed by atoms with Crippen molar-refractivity contribution in [3.8, 4) is 0 Å². The Hall–Kier alpha value is -1.69.